The van der Waals surface area contributed by atoms with Crippen LogP contribution in [0, 0.1) is 11.3 Å². The van der Waals surface area contributed by atoms with Gasteiger partial charge in [0, 0.05) is 25.0 Å². The number of nitrogens with two attached hydrogens (primary N) is 1. The summed E-state index contributed by atoms with van der Waals surface area (Å²) in [6.45, 7) is 4.36. The molecule has 2 aliphatic rings. The second-order valence-corrected chi connectivity index (χ2v) is 5.49. The highest BCUT2D eigenvalue weighted by Gasteiger charge is 2.54. The zero-order chi connectivity index (χ0) is 10.9. The van der Waals surface area contributed by atoms with Crippen LogP contribution in [0.5, 0.6) is 0 Å². The van der Waals surface area contributed by atoms with Crippen molar-refractivity contribution in [3.63, 3.8) is 0 Å². The molecule has 0 aromatic heterocycles. The van der Waals surface area contributed by atoms with Crippen molar-refractivity contribution in [2.24, 2.45) is 17.1 Å². The molecule has 0 aromatic rings. The van der Waals surface area contributed by atoms with Gasteiger partial charge in [0.15, 0.2) is 0 Å². The van der Waals surface area contributed by atoms with Gasteiger partial charge in [0.05, 0.1) is 5.60 Å². The summed E-state index contributed by atoms with van der Waals surface area (Å²) in [6.07, 6.45) is 6.02. The van der Waals surface area contributed by atoms with Gasteiger partial charge in [-0.2, -0.15) is 0 Å². The first-order valence-electron chi connectivity index (χ1n) is 6.29. The fraction of sp³-hybridized carbons (Fsp3) is 1.00. The summed E-state index contributed by atoms with van der Waals surface area (Å²) in [5, 5.41) is 13.7. The zero-order valence-electron chi connectivity index (χ0n) is 9.76. The van der Waals surface area contributed by atoms with Gasteiger partial charge in [0.25, 0.3) is 0 Å². The van der Waals surface area contributed by atoms with Gasteiger partial charge in [0.2, 0.25) is 0 Å². The molecule has 2 atom stereocenters. The second-order valence-electron chi connectivity index (χ2n) is 5.49. The molecule has 0 amide bonds. The molecular weight excluding hydrogens is 188 g/mol. The molecule has 0 radical (unpaired) electrons. The van der Waals surface area contributed by atoms with Crippen LogP contribution in [0.25, 0.3) is 0 Å². The van der Waals surface area contributed by atoms with Gasteiger partial charge >= 0.3 is 0 Å². The summed E-state index contributed by atoms with van der Waals surface area (Å²) in [5.74, 6) is 0.770. The number of nitrogens with one attached hydrogen (secondary N) is 1. The third kappa shape index (κ3) is 1.71. The van der Waals surface area contributed by atoms with Crippen LogP contribution in [-0.2, 0) is 0 Å². The Labute approximate surface area is 92.4 Å². The first-order valence-corrected chi connectivity index (χ1v) is 6.29. The average molecular weight is 212 g/mol. The monoisotopic (exact) mass is 212 g/mol. The Kier molecular flexibility index (Phi) is 3.06. The molecule has 3 heteroatoms. The molecule has 88 valence electrons. The Hall–Kier alpha value is -0.120. The fourth-order valence-corrected chi connectivity index (χ4v) is 3.37. The molecular formula is C12H24N2O. The predicted molar refractivity (Wildman–Crippen MR) is 61.6 cm³/mol. The SMILES string of the molecule is CCC1CCCC(CN)(C2(O)CNC2)C1. The van der Waals surface area contributed by atoms with Crippen LogP contribution >= 0.6 is 0 Å². The third-order valence-electron chi connectivity index (χ3n) is 4.74. The Morgan fingerprint density at radius 3 is 2.67 bits per heavy atom. The lowest BCUT2D eigenvalue weighted by atomic mass is 9.58. The summed E-state index contributed by atoms with van der Waals surface area (Å²) >= 11 is 0. The summed E-state index contributed by atoms with van der Waals surface area (Å²) in [5.41, 5.74) is 5.44. The molecule has 1 heterocycles. The van der Waals surface area contributed by atoms with Crippen molar-refractivity contribution in [2.45, 2.75) is 44.6 Å². The van der Waals surface area contributed by atoms with Crippen molar-refractivity contribution >= 4 is 0 Å². The summed E-state index contributed by atoms with van der Waals surface area (Å²) in [4.78, 5) is 0. The van der Waals surface area contributed by atoms with Gasteiger partial charge < -0.3 is 16.2 Å². The Balaban J connectivity index is 2.13. The average Bonchev–Trinajstić information content (AvgIpc) is 2.25. The lowest BCUT2D eigenvalue weighted by Gasteiger charge is -2.55. The van der Waals surface area contributed by atoms with E-state index in [0.717, 1.165) is 31.8 Å². The number of hydrogen-bond acceptors (Lipinski definition) is 3. The molecule has 1 aliphatic carbocycles. The number of rotatable bonds is 3. The highest BCUT2D eigenvalue weighted by Crippen LogP contribution is 2.48. The Morgan fingerprint density at radius 1 is 1.47 bits per heavy atom. The van der Waals surface area contributed by atoms with E-state index < -0.39 is 5.60 Å². The van der Waals surface area contributed by atoms with E-state index in [1.54, 1.807) is 0 Å². The maximum atomic E-state index is 10.6. The smallest absolute Gasteiger partial charge is 0.0962 e. The van der Waals surface area contributed by atoms with Crippen LogP contribution in [0.3, 0.4) is 0 Å². The van der Waals surface area contributed by atoms with Crippen molar-refractivity contribution in [1.82, 2.24) is 5.32 Å². The number of aliphatic hydroxyl groups is 1. The first-order chi connectivity index (χ1) is 7.16. The van der Waals surface area contributed by atoms with Crippen molar-refractivity contribution in [1.29, 1.82) is 0 Å². The van der Waals surface area contributed by atoms with Gasteiger partial charge in [0.1, 0.15) is 0 Å². The van der Waals surface area contributed by atoms with Crippen LogP contribution < -0.4 is 11.1 Å². The van der Waals surface area contributed by atoms with Crippen LogP contribution in [0.15, 0.2) is 0 Å². The minimum absolute atomic E-state index is 0.00280. The molecule has 4 N–H and O–H groups in total. The molecule has 15 heavy (non-hydrogen) atoms. The van der Waals surface area contributed by atoms with Crippen molar-refractivity contribution < 1.29 is 5.11 Å². The van der Waals surface area contributed by atoms with Crippen LogP contribution in [0.4, 0.5) is 0 Å². The van der Waals surface area contributed by atoms with Crippen molar-refractivity contribution in [2.75, 3.05) is 19.6 Å². The molecule has 0 bridgehead atoms. The minimum Gasteiger partial charge on any atom is -0.387 e. The maximum absolute atomic E-state index is 10.6. The van der Waals surface area contributed by atoms with Gasteiger partial charge in [-0.15, -0.1) is 0 Å². The van der Waals surface area contributed by atoms with E-state index in [4.69, 9.17) is 5.73 Å². The minimum atomic E-state index is -0.518. The molecule has 2 unspecified atom stereocenters. The molecule has 1 aliphatic heterocycles. The van der Waals surface area contributed by atoms with E-state index in [1.807, 2.05) is 0 Å². The van der Waals surface area contributed by atoms with E-state index in [9.17, 15) is 5.11 Å². The topological polar surface area (TPSA) is 58.3 Å². The zero-order valence-corrected chi connectivity index (χ0v) is 9.76. The quantitative estimate of drug-likeness (QED) is 0.650. The van der Waals surface area contributed by atoms with E-state index in [2.05, 4.69) is 12.2 Å². The van der Waals surface area contributed by atoms with E-state index in [1.165, 1.54) is 19.3 Å². The van der Waals surface area contributed by atoms with Crippen LogP contribution in [0.2, 0.25) is 0 Å². The number of hydrogen-bond donors (Lipinski definition) is 3. The largest absolute Gasteiger partial charge is 0.387 e. The molecule has 3 nitrogen and oxygen atoms in total. The lowest BCUT2D eigenvalue weighted by Crippen LogP contribution is -2.71. The normalized spacial score (nSPS) is 39.8. The Morgan fingerprint density at radius 2 is 2.20 bits per heavy atom. The third-order valence-corrected chi connectivity index (χ3v) is 4.74. The molecule has 2 fully saturated rings. The summed E-state index contributed by atoms with van der Waals surface area (Å²) < 4.78 is 0. The standard InChI is InChI=1S/C12H24N2O/c1-2-10-4-3-5-11(6-10,7-13)12(15)8-14-9-12/h10,14-15H,2-9,13H2,1H3. The second kappa shape index (κ2) is 4.04. The first kappa shape index (κ1) is 11.4. The molecule has 1 saturated heterocycles. The molecule has 2 rings (SSSR count). The Bertz CT molecular complexity index is 228. The van der Waals surface area contributed by atoms with E-state index >= 15 is 0 Å². The van der Waals surface area contributed by atoms with Crippen molar-refractivity contribution in [3.8, 4) is 0 Å². The molecule has 1 saturated carbocycles. The number of β-amino-alcohol motifs (C(OH)–C–C–N with tert-alkyl or cyclic N) is 1. The predicted octanol–water partition coefficient (Wildman–Crippen LogP) is 0.866. The van der Waals surface area contributed by atoms with Gasteiger partial charge in [-0.1, -0.05) is 26.2 Å². The fourth-order valence-electron chi connectivity index (χ4n) is 3.37. The van der Waals surface area contributed by atoms with Crippen LogP contribution in [0.1, 0.15) is 39.0 Å². The van der Waals surface area contributed by atoms with Gasteiger partial charge in [-0.05, 0) is 18.8 Å². The van der Waals surface area contributed by atoms with Crippen LogP contribution in [-0.4, -0.2) is 30.3 Å². The van der Waals surface area contributed by atoms with E-state index in [-0.39, 0.29) is 5.41 Å². The van der Waals surface area contributed by atoms with E-state index in [0.29, 0.717) is 6.54 Å². The lowest BCUT2D eigenvalue weighted by molar-refractivity contribution is -0.139. The molecule has 0 spiro atoms. The summed E-state index contributed by atoms with van der Waals surface area (Å²) in [7, 11) is 0. The molecule has 0 aromatic carbocycles. The van der Waals surface area contributed by atoms with Gasteiger partial charge in [-0.3, -0.25) is 0 Å². The summed E-state index contributed by atoms with van der Waals surface area (Å²) in [6, 6.07) is 0. The van der Waals surface area contributed by atoms with Gasteiger partial charge in [-0.25, -0.2) is 0 Å². The highest BCUT2D eigenvalue weighted by molar-refractivity contribution is 5.09. The maximum Gasteiger partial charge on any atom is 0.0962 e. The van der Waals surface area contributed by atoms with Crippen molar-refractivity contribution in [3.05, 3.63) is 0 Å². The highest BCUT2D eigenvalue weighted by atomic mass is 16.3.